The Kier molecular flexibility index (Phi) is 8.18. The van der Waals surface area contributed by atoms with Crippen LogP contribution in [0.1, 0.15) is 54.9 Å². The van der Waals surface area contributed by atoms with Crippen LogP contribution >= 0.6 is 0 Å². The van der Waals surface area contributed by atoms with Gasteiger partial charge in [0.15, 0.2) is 0 Å². The van der Waals surface area contributed by atoms with E-state index in [1.807, 2.05) is 24.3 Å². The Morgan fingerprint density at radius 3 is 2.53 bits per heavy atom. The fourth-order valence-electron chi connectivity index (χ4n) is 4.87. The first-order valence-corrected chi connectivity index (χ1v) is 13.3. The maximum Gasteiger partial charge on any atom is 0.416 e. The average molecular weight is 519 g/mol. The molecule has 10 nitrogen and oxygen atoms in total. The van der Waals surface area contributed by atoms with Crippen molar-refractivity contribution in [2.24, 2.45) is 0 Å². The lowest BCUT2D eigenvalue weighted by atomic mass is 10.0. The first-order valence-electron chi connectivity index (χ1n) is 13.3. The molecule has 0 spiro atoms. The van der Waals surface area contributed by atoms with E-state index in [4.69, 9.17) is 9.57 Å². The van der Waals surface area contributed by atoms with Crippen molar-refractivity contribution < 1.29 is 19.2 Å². The summed E-state index contributed by atoms with van der Waals surface area (Å²) < 4.78 is 5.42. The van der Waals surface area contributed by atoms with E-state index in [0.29, 0.717) is 43.2 Å². The van der Waals surface area contributed by atoms with Crippen LogP contribution in [0.25, 0.3) is 0 Å². The molecule has 2 aliphatic rings. The van der Waals surface area contributed by atoms with Crippen molar-refractivity contribution in [3.05, 3.63) is 72.2 Å². The summed E-state index contributed by atoms with van der Waals surface area (Å²) in [5.74, 6) is -0.0335. The number of hydrogen-bond acceptors (Lipinski definition) is 7. The van der Waals surface area contributed by atoms with Gasteiger partial charge in [-0.1, -0.05) is 18.6 Å². The summed E-state index contributed by atoms with van der Waals surface area (Å²) in [6, 6.07) is 13.4. The number of hydrogen-bond donors (Lipinski definition) is 1. The van der Waals surface area contributed by atoms with Crippen molar-refractivity contribution in [3.8, 4) is 5.88 Å². The van der Waals surface area contributed by atoms with E-state index in [-0.39, 0.29) is 17.9 Å². The molecule has 1 aromatic carbocycles. The number of amides is 2. The smallest absolute Gasteiger partial charge is 0.393 e. The van der Waals surface area contributed by atoms with Crippen LogP contribution in [0.2, 0.25) is 0 Å². The number of piperidine rings is 2. The van der Waals surface area contributed by atoms with Gasteiger partial charge in [-0.2, -0.15) is 0 Å². The lowest BCUT2D eigenvalue weighted by Gasteiger charge is -2.33. The lowest BCUT2D eigenvalue weighted by Crippen LogP contribution is -2.44. The number of anilines is 1. The van der Waals surface area contributed by atoms with Crippen LogP contribution in [-0.2, 0) is 6.54 Å². The van der Waals surface area contributed by atoms with Crippen LogP contribution < -0.4 is 14.9 Å². The molecular weight excluding hydrogens is 484 g/mol. The van der Waals surface area contributed by atoms with Crippen LogP contribution in [0.5, 0.6) is 5.88 Å². The Morgan fingerprint density at radius 2 is 1.84 bits per heavy atom. The molecule has 10 heteroatoms. The van der Waals surface area contributed by atoms with Gasteiger partial charge in [0.1, 0.15) is 6.10 Å². The first-order chi connectivity index (χ1) is 18.5. The highest BCUT2D eigenvalue weighted by Crippen LogP contribution is 2.20. The predicted octanol–water partition coefficient (Wildman–Crippen LogP) is 4.00. The number of nitrogens with one attached hydrogen (secondary N) is 1. The number of aromatic nitrogens is 3. The molecule has 2 aliphatic heterocycles. The van der Waals surface area contributed by atoms with Gasteiger partial charge >= 0.3 is 6.09 Å². The number of ether oxygens (including phenoxy) is 1. The first kappa shape index (κ1) is 25.7. The van der Waals surface area contributed by atoms with Crippen molar-refractivity contribution >= 4 is 17.7 Å². The quantitative estimate of drug-likeness (QED) is 0.505. The summed E-state index contributed by atoms with van der Waals surface area (Å²) >= 11 is 0. The third-order valence-electron chi connectivity index (χ3n) is 7.17. The van der Waals surface area contributed by atoms with Crippen LogP contribution in [-0.4, -0.2) is 68.5 Å². The Bertz CT molecular complexity index is 1190. The van der Waals surface area contributed by atoms with Gasteiger partial charge in [-0.05, 0) is 56.1 Å². The molecule has 1 atom stereocenters. The third-order valence-corrected chi connectivity index (χ3v) is 7.17. The zero-order chi connectivity index (χ0) is 26.3. The largest absolute Gasteiger partial charge is 0.416 e. The molecule has 1 N–H and O–H groups in total. The second kappa shape index (κ2) is 12.1. The highest BCUT2D eigenvalue weighted by atomic mass is 16.7. The van der Waals surface area contributed by atoms with Crippen LogP contribution in [0.3, 0.4) is 0 Å². The Morgan fingerprint density at radius 1 is 1.03 bits per heavy atom. The molecule has 3 aromatic rings. The van der Waals surface area contributed by atoms with E-state index in [1.54, 1.807) is 35.5 Å². The molecule has 2 amide bonds. The molecule has 0 bridgehead atoms. The molecule has 2 fully saturated rings. The number of likely N-dealkylation sites (tertiary alicyclic amines) is 2. The molecule has 5 rings (SSSR count). The van der Waals surface area contributed by atoms with Crippen molar-refractivity contribution in [1.29, 1.82) is 0 Å². The van der Waals surface area contributed by atoms with E-state index in [1.165, 1.54) is 35.9 Å². The highest BCUT2D eigenvalue weighted by Gasteiger charge is 2.26. The molecule has 4 heterocycles. The molecule has 0 radical (unpaired) electrons. The number of benzene rings is 1. The van der Waals surface area contributed by atoms with Crippen LogP contribution in [0.15, 0.2) is 61.1 Å². The van der Waals surface area contributed by atoms with Crippen LogP contribution in [0, 0.1) is 0 Å². The molecule has 2 saturated heterocycles. The monoisotopic (exact) mass is 518 g/mol. The van der Waals surface area contributed by atoms with Gasteiger partial charge in [0, 0.05) is 50.1 Å². The number of nitrogens with zero attached hydrogens (tertiary/aromatic N) is 5. The van der Waals surface area contributed by atoms with E-state index in [2.05, 4.69) is 27.2 Å². The minimum Gasteiger partial charge on any atom is -0.393 e. The van der Waals surface area contributed by atoms with Gasteiger partial charge in [0.2, 0.25) is 5.88 Å². The summed E-state index contributed by atoms with van der Waals surface area (Å²) in [6.07, 6.45) is 9.59. The van der Waals surface area contributed by atoms with Gasteiger partial charge in [0.05, 0.1) is 24.3 Å². The number of rotatable bonds is 7. The van der Waals surface area contributed by atoms with Gasteiger partial charge in [-0.3, -0.25) is 9.69 Å². The summed E-state index contributed by atoms with van der Waals surface area (Å²) in [5, 5.41) is 6.89. The second-order valence-electron chi connectivity index (χ2n) is 9.92. The standard InChI is InChI=1S/C28H34N6O4/c1-21-5-2-3-15-33(21)20-22-6-8-23(9-7-22)27(35)31-24-10-11-26(29-19-24)37-28(36)32-17-12-25(13-18-32)38-34-16-4-14-30-34/h4,6-11,14,16,19,21,25H,2-3,5,12-13,15,17-18,20H2,1H3,(H,31,35). The summed E-state index contributed by atoms with van der Waals surface area (Å²) in [5.41, 5.74) is 2.31. The fourth-order valence-corrected chi connectivity index (χ4v) is 4.87. The Hall–Kier alpha value is -3.92. The van der Waals surface area contributed by atoms with Crippen molar-refractivity contribution in [3.63, 3.8) is 0 Å². The van der Waals surface area contributed by atoms with Gasteiger partial charge in [-0.25, -0.2) is 9.78 Å². The molecule has 2 aromatic heterocycles. The molecular formula is C28H34N6O4. The highest BCUT2D eigenvalue weighted by molar-refractivity contribution is 6.04. The number of carbonyl (C=O) groups excluding carboxylic acids is 2. The average Bonchev–Trinajstić information content (AvgIpc) is 3.45. The maximum atomic E-state index is 12.7. The Balaban J connectivity index is 1.07. The zero-order valence-electron chi connectivity index (χ0n) is 21.7. The molecule has 38 heavy (non-hydrogen) atoms. The minimum absolute atomic E-state index is 0.00506. The molecule has 200 valence electrons. The van der Waals surface area contributed by atoms with Gasteiger partial charge < -0.3 is 19.8 Å². The predicted molar refractivity (Wildman–Crippen MR) is 142 cm³/mol. The normalized spacial score (nSPS) is 18.7. The summed E-state index contributed by atoms with van der Waals surface area (Å²) in [7, 11) is 0. The topological polar surface area (TPSA) is 102 Å². The SMILES string of the molecule is CC1CCCCN1Cc1ccc(C(=O)Nc2ccc(OC(=O)N3CCC(On4cccn4)CC3)nc2)cc1. The molecule has 0 saturated carbocycles. The zero-order valence-corrected chi connectivity index (χ0v) is 21.7. The molecule has 0 aliphatic carbocycles. The van der Waals surface area contributed by atoms with E-state index in [9.17, 15) is 9.59 Å². The van der Waals surface area contributed by atoms with Gasteiger partial charge in [0.25, 0.3) is 5.91 Å². The van der Waals surface area contributed by atoms with E-state index in [0.717, 1.165) is 13.1 Å². The number of pyridine rings is 1. The third kappa shape index (κ3) is 6.69. The van der Waals surface area contributed by atoms with Crippen molar-refractivity contribution in [1.82, 2.24) is 24.7 Å². The fraction of sp³-hybridized carbons (Fsp3) is 0.429. The van der Waals surface area contributed by atoms with Gasteiger partial charge in [-0.15, -0.1) is 9.94 Å². The summed E-state index contributed by atoms with van der Waals surface area (Å²) in [6.45, 7) is 5.36. The van der Waals surface area contributed by atoms with E-state index < -0.39 is 6.09 Å². The minimum atomic E-state index is -0.453. The second-order valence-corrected chi connectivity index (χ2v) is 9.92. The molecule has 1 unspecified atom stereocenters. The van der Waals surface area contributed by atoms with E-state index >= 15 is 0 Å². The summed E-state index contributed by atoms with van der Waals surface area (Å²) in [4.78, 5) is 40.7. The number of carbonyl (C=O) groups is 2. The lowest BCUT2D eigenvalue weighted by molar-refractivity contribution is -0.0163. The van der Waals surface area contributed by atoms with Crippen LogP contribution in [0.4, 0.5) is 10.5 Å². The Labute approximate surface area is 222 Å². The maximum absolute atomic E-state index is 12.7. The van der Waals surface area contributed by atoms with Crippen molar-refractivity contribution in [2.45, 2.75) is 57.7 Å². The van der Waals surface area contributed by atoms with Crippen molar-refractivity contribution in [2.75, 3.05) is 25.0 Å².